The van der Waals surface area contributed by atoms with Crippen molar-refractivity contribution in [3.63, 3.8) is 0 Å². The van der Waals surface area contributed by atoms with Gasteiger partial charge in [-0.3, -0.25) is 14.4 Å². The maximum absolute atomic E-state index is 13.9. The van der Waals surface area contributed by atoms with Crippen LogP contribution in [0.15, 0.2) is 94.3 Å². The molecule has 0 spiro atoms. The number of nitrogens with zero attached hydrogens (tertiary/aromatic N) is 2. The fourth-order valence-electron chi connectivity index (χ4n) is 5.19. The normalized spacial score (nSPS) is 16.1. The van der Waals surface area contributed by atoms with Crippen LogP contribution in [0, 0.1) is 17.7 Å². The third-order valence-electron chi connectivity index (χ3n) is 7.70. The second kappa shape index (κ2) is 12.5. The smallest absolute Gasteiger partial charge is 0.242 e. The zero-order valence-electron chi connectivity index (χ0n) is 23.5. The highest BCUT2D eigenvalue weighted by atomic mass is 19.1. The Morgan fingerprint density at radius 3 is 2.37 bits per heavy atom. The highest BCUT2D eigenvalue weighted by molar-refractivity contribution is 5.88. The fourth-order valence-corrected chi connectivity index (χ4v) is 5.19. The van der Waals surface area contributed by atoms with Crippen molar-refractivity contribution in [3.8, 4) is 0 Å². The monoisotopic (exact) mass is 554 g/mol. The zero-order chi connectivity index (χ0) is 28.9. The first-order valence-electron chi connectivity index (χ1n) is 14.2. The lowest BCUT2D eigenvalue weighted by molar-refractivity contribution is -0.142. The molecule has 1 heterocycles. The summed E-state index contributed by atoms with van der Waals surface area (Å²) in [7, 11) is 0. The van der Waals surface area contributed by atoms with Crippen LogP contribution in [0.4, 0.5) is 4.39 Å². The molecule has 41 heavy (non-hydrogen) atoms. The summed E-state index contributed by atoms with van der Waals surface area (Å²) in [5.74, 6) is -0.282. The molecule has 0 aliphatic heterocycles. The van der Waals surface area contributed by atoms with Gasteiger partial charge in [0.05, 0.1) is 30.3 Å². The summed E-state index contributed by atoms with van der Waals surface area (Å²) in [6.45, 7) is 4.73. The van der Waals surface area contributed by atoms with Gasteiger partial charge in [0.2, 0.25) is 11.8 Å². The van der Waals surface area contributed by atoms with Gasteiger partial charge >= 0.3 is 0 Å². The number of rotatable bonds is 11. The van der Waals surface area contributed by atoms with Crippen LogP contribution in [0.5, 0.6) is 0 Å². The molecule has 1 aliphatic carbocycles. The molecule has 2 unspecified atom stereocenters. The molecule has 1 saturated carbocycles. The van der Waals surface area contributed by atoms with Crippen molar-refractivity contribution in [1.82, 2.24) is 9.80 Å². The van der Waals surface area contributed by atoms with Crippen molar-refractivity contribution in [1.29, 1.82) is 0 Å². The Morgan fingerprint density at radius 1 is 0.927 bits per heavy atom. The third-order valence-corrected chi connectivity index (χ3v) is 7.70. The third kappa shape index (κ3) is 6.91. The molecule has 5 rings (SSSR count). The molecule has 2 atom stereocenters. The first-order chi connectivity index (χ1) is 19.8. The lowest BCUT2D eigenvalue weighted by Crippen LogP contribution is -2.44. The highest BCUT2D eigenvalue weighted by Crippen LogP contribution is 2.48. The van der Waals surface area contributed by atoms with Gasteiger partial charge in [-0.2, -0.15) is 0 Å². The molecular formula is C34H35FN2O4. The standard InChI is InChI=1S/C34H35FN2O4/c1-23(2)16-17-36(34(40)30-18-29(30)25-8-4-3-5-9-25)21-32(38)37(19-24-12-14-27(35)15-13-24)20-26-22-41-31-11-7-6-10-28(31)33(26)39/h3-15,22-23,29-30H,16-21H2,1-2H3. The van der Waals surface area contributed by atoms with Crippen molar-refractivity contribution in [2.24, 2.45) is 11.8 Å². The minimum absolute atomic E-state index is 0.00561. The predicted octanol–water partition coefficient (Wildman–Crippen LogP) is 6.14. The summed E-state index contributed by atoms with van der Waals surface area (Å²) in [4.78, 5) is 44.0. The second-order valence-corrected chi connectivity index (χ2v) is 11.3. The van der Waals surface area contributed by atoms with Crippen molar-refractivity contribution < 1.29 is 18.4 Å². The van der Waals surface area contributed by atoms with Crippen molar-refractivity contribution in [3.05, 3.63) is 118 Å². The first-order valence-corrected chi connectivity index (χ1v) is 14.2. The van der Waals surface area contributed by atoms with Gasteiger partial charge in [0.15, 0.2) is 5.43 Å². The molecule has 0 N–H and O–H groups in total. The van der Waals surface area contributed by atoms with Gasteiger partial charge in [-0.25, -0.2) is 4.39 Å². The number of halogens is 1. The molecule has 2 amide bonds. The van der Waals surface area contributed by atoms with Gasteiger partial charge in [0, 0.05) is 19.0 Å². The molecule has 1 aromatic heterocycles. The quantitative estimate of drug-likeness (QED) is 0.223. The molecular weight excluding hydrogens is 519 g/mol. The lowest BCUT2D eigenvalue weighted by Gasteiger charge is -2.28. The van der Waals surface area contributed by atoms with E-state index >= 15 is 0 Å². The van der Waals surface area contributed by atoms with E-state index in [-0.39, 0.29) is 54.5 Å². The number of hydrogen-bond donors (Lipinski definition) is 0. The summed E-state index contributed by atoms with van der Waals surface area (Å²) in [5.41, 5.74) is 2.46. The average Bonchev–Trinajstić information content (AvgIpc) is 3.78. The molecule has 6 nitrogen and oxygen atoms in total. The number of hydrogen-bond acceptors (Lipinski definition) is 4. The number of carbonyl (C=O) groups excluding carboxylic acids is 2. The summed E-state index contributed by atoms with van der Waals surface area (Å²) >= 11 is 0. The SMILES string of the molecule is CC(C)CCN(CC(=O)N(Cc1ccc(F)cc1)Cc1coc2ccccc2c1=O)C(=O)C1CC1c1ccccc1. The molecule has 4 aromatic rings. The summed E-state index contributed by atoms with van der Waals surface area (Å²) in [6, 6.07) is 22.9. The molecule has 0 bridgehead atoms. The topological polar surface area (TPSA) is 70.8 Å². The van der Waals surface area contributed by atoms with E-state index in [1.54, 1.807) is 46.2 Å². The van der Waals surface area contributed by atoms with Crippen LogP contribution >= 0.6 is 0 Å². The van der Waals surface area contributed by atoms with Gasteiger partial charge in [-0.1, -0.05) is 68.4 Å². The van der Waals surface area contributed by atoms with E-state index in [2.05, 4.69) is 13.8 Å². The molecule has 0 radical (unpaired) electrons. The second-order valence-electron chi connectivity index (χ2n) is 11.3. The Morgan fingerprint density at radius 2 is 1.63 bits per heavy atom. The maximum atomic E-state index is 13.9. The Balaban J connectivity index is 1.38. The Kier molecular flexibility index (Phi) is 8.62. The molecule has 1 fully saturated rings. The highest BCUT2D eigenvalue weighted by Gasteiger charge is 2.46. The predicted molar refractivity (Wildman–Crippen MR) is 156 cm³/mol. The number of benzene rings is 3. The summed E-state index contributed by atoms with van der Waals surface area (Å²) < 4.78 is 19.3. The number of para-hydroxylation sites is 1. The van der Waals surface area contributed by atoms with E-state index in [0.717, 1.165) is 24.0 Å². The van der Waals surface area contributed by atoms with E-state index in [1.807, 2.05) is 30.3 Å². The number of carbonyl (C=O) groups is 2. The van der Waals surface area contributed by atoms with E-state index in [4.69, 9.17) is 4.42 Å². The van der Waals surface area contributed by atoms with Crippen molar-refractivity contribution in [2.45, 2.75) is 45.7 Å². The van der Waals surface area contributed by atoms with Crippen LogP contribution in [0.25, 0.3) is 11.0 Å². The van der Waals surface area contributed by atoms with Gasteiger partial charge < -0.3 is 14.2 Å². The minimum atomic E-state index is -0.371. The summed E-state index contributed by atoms with van der Waals surface area (Å²) in [5, 5.41) is 0.439. The average molecular weight is 555 g/mol. The Hall–Kier alpha value is -4.26. The lowest BCUT2D eigenvalue weighted by atomic mass is 10.1. The van der Waals surface area contributed by atoms with Gasteiger partial charge in [-0.15, -0.1) is 0 Å². The van der Waals surface area contributed by atoms with Crippen molar-refractivity contribution >= 4 is 22.8 Å². The molecule has 7 heteroatoms. The fraction of sp³-hybridized carbons (Fsp3) is 0.324. The molecule has 1 aliphatic rings. The Labute approximate surface area is 239 Å². The largest absolute Gasteiger partial charge is 0.464 e. The van der Waals surface area contributed by atoms with E-state index in [0.29, 0.717) is 29.0 Å². The van der Waals surface area contributed by atoms with Crippen LogP contribution in [-0.4, -0.2) is 34.7 Å². The number of fused-ring (bicyclic) bond motifs is 1. The van der Waals surface area contributed by atoms with Gasteiger partial charge in [0.1, 0.15) is 11.4 Å². The molecule has 3 aromatic carbocycles. The van der Waals surface area contributed by atoms with Gasteiger partial charge in [-0.05, 0) is 60.1 Å². The van der Waals surface area contributed by atoms with E-state index in [1.165, 1.54) is 18.4 Å². The van der Waals surface area contributed by atoms with Crippen molar-refractivity contribution in [2.75, 3.05) is 13.1 Å². The molecule has 0 saturated heterocycles. The zero-order valence-corrected chi connectivity index (χ0v) is 23.5. The van der Waals surface area contributed by atoms with Crippen LogP contribution < -0.4 is 5.43 Å². The maximum Gasteiger partial charge on any atom is 0.242 e. The van der Waals surface area contributed by atoms with Crippen LogP contribution in [0.1, 0.15) is 49.3 Å². The van der Waals surface area contributed by atoms with E-state index < -0.39 is 0 Å². The summed E-state index contributed by atoms with van der Waals surface area (Å²) in [6.07, 6.45) is 2.94. The van der Waals surface area contributed by atoms with Crippen LogP contribution in [-0.2, 0) is 22.7 Å². The number of amides is 2. The minimum Gasteiger partial charge on any atom is -0.464 e. The van der Waals surface area contributed by atoms with Crippen LogP contribution in [0.3, 0.4) is 0 Å². The van der Waals surface area contributed by atoms with Gasteiger partial charge in [0.25, 0.3) is 0 Å². The first kappa shape index (κ1) is 28.3. The Bertz CT molecular complexity index is 1570. The van der Waals surface area contributed by atoms with Crippen LogP contribution in [0.2, 0.25) is 0 Å². The molecule has 212 valence electrons. The van der Waals surface area contributed by atoms with E-state index in [9.17, 15) is 18.8 Å².